The van der Waals surface area contributed by atoms with Gasteiger partial charge in [-0.25, -0.2) is 0 Å². The zero-order chi connectivity index (χ0) is 15.0. The first-order chi connectivity index (χ1) is 10.1. The molecule has 0 aliphatic carbocycles. The van der Waals surface area contributed by atoms with Gasteiger partial charge in [-0.1, -0.05) is 17.7 Å². The van der Waals surface area contributed by atoms with Gasteiger partial charge in [0.2, 0.25) is 0 Å². The highest BCUT2D eigenvalue weighted by molar-refractivity contribution is 9.10. The Kier molecular flexibility index (Phi) is 3.72. The Balaban J connectivity index is 1.98. The van der Waals surface area contributed by atoms with Gasteiger partial charge in [-0.15, -0.1) is 0 Å². The number of rotatable bonds is 1. The Hall–Kier alpha value is -1.81. The summed E-state index contributed by atoms with van der Waals surface area (Å²) in [6.45, 7) is 2.78. The monoisotopic (exact) mass is 345 g/mol. The molecule has 1 heterocycles. The van der Waals surface area contributed by atoms with E-state index in [2.05, 4.69) is 28.9 Å². The lowest BCUT2D eigenvalue weighted by molar-refractivity contribution is 0.0984. The molecule has 1 amide bonds. The average molecular weight is 346 g/mol. The van der Waals surface area contributed by atoms with Crippen LogP contribution < -0.4 is 4.90 Å². The van der Waals surface area contributed by atoms with Crippen LogP contribution in [-0.4, -0.2) is 17.6 Å². The van der Waals surface area contributed by atoms with Gasteiger partial charge in [0.05, 0.1) is 4.47 Å². The third-order valence-electron chi connectivity index (χ3n) is 3.79. The summed E-state index contributed by atoms with van der Waals surface area (Å²) in [5.74, 6) is 0.0181. The maximum Gasteiger partial charge on any atom is 0.258 e. The quantitative estimate of drug-likeness (QED) is 0.846. The summed E-state index contributed by atoms with van der Waals surface area (Å²) in [5.41, 5.74) is 3.92. The van der Waals surface area contributed by atoms with E-state index < -0.39 is 0 Å². The average Bonchev–Trinajstić information content (AvgIpc) is 2.48. The van der Waals surface area contributed by atoms with E-state index in [1.54, 1.807) is 17.0 Å². The van der Waals surface area contributed by atoms with Crippen LogP contribution in [0.25, 0.3) is 0 Å². The molecule has 0 radical (unpaired) electrons. The van der Waals surface area contributed by atoms with Crippen LogP contribution in [0.2, 0.25) is 0 Å². The Morgan fingerprint density at radius 3 is 2.81 bits per heavy atom. The van der Waals surface area contributed by atoms with Crippen molar-refractivity contribution in [1.29, 1.82) is 0 Å². The first-order valence-electron chi connectivity index (χ1n) is 6.96. The lowest BCUT2D eigenvalue weighted by atomic mass is 9.99. The van der Waals surface area contributed by atoms with Crippen molar-refractivity contribution in [2.24, 2.45) is 0 Å². The fourth-order valence-corrected chi connectivity index (χ4v) is 2.99. The minimum atomic E-state index is -0.0670. The Labute approximate surface area is 132 Å². The van der Waals surface area contributed by atoms with E-state index >= 15 is 0 Å². The molecule has 0 atom stereocenters. The number of amides is 1. The predicted octanol–water partition coefficient (Wildman–Crippen LogP) is 4.06. The third kappa shape index (κ3) is 2.68. The molecular weight excluding hydrogens is 330 g/mol. The molecule has 21 heavy (non-hydrogen) atoms. The molecule has 1 N–H and O–H groups in total. The topological polar surface area (TPSA) is 40.5 Å². The molecule has 1 aliphatic heterocycles. The molecular formula is C17H16BrNO2. The highest BCUT2D eigenvalue weighted by atomic mass is 79.9. The van der Waals surface area contributed by atoms with Crippen LogP contribution in [0.4, 0.5) is 5.69 Å². The van der Waals surface area contributed by atoms with Gasteiger partial charge in [0.25, 0.3) is 5.91 Å². The molecule has 0 fully saturated rings. The van der Waals surface area contributed by atoms with Gasteiger partial charge in [-0.2, -0.15) is 0 Å². The van der Waals surface area contributed by atoms with E-state index in [1.165, 1.54) is 17.2 Å². The third-order valence-corrected chi connectivity index (χ3v) is 4.46. The van der Waals surface area contributed by atoms with Crippen molar-refractivity contribution in [2.75, 3.05) is 11.4 Å². The van der Waals surface area contributed by atoms with E-state index in [0.717, 1.165) is 18.5 Å². The van der Waals surface area contributed by atoms with Crippen LogP contribution >= 0.6 is 15.9 Å². The molecule has 1 aliphatic rings. The molecule has 0 aromatic heterocycles. The molecule has 0 spiro atoms. The number of benzene rings is 2. The van der Waals surface area contributed by atoms with Crippen LogP contribution in [0.5, 0.6) is 5.75 Å². The molecule has 108 valence electrons. The first kappa shape index (κ1) is 14.1. The molecule has 3 nitrogen and oxygen atoms in total. The number of anilines is 1. The second kappa shape index (κ2) is 5.53. The summed E-state index contributed by atoms with van der Waals surface area (Å²) in [5, 5.41) is 9.76. The molecule has 3 rings (SSSR count). The Morgan fingerprint density at radius 1 is 1.24 bits per heavy atom. The predicted molar refractivity (Wildman–Crippen MR) is 87.0 cm³/mol. The van der Waals surface area contributed by atoms with Crippen molar-refractivity contribution >= 4 is 27.5 Å². The highest BCUT2D eigenvalue weighted by Gasteiger charge is 2.24. The minimum Gasteiger partial charge on any atom is -0.507 e. The normalized spacial score (nSPS) is 13.9. The van der Waals surface area contributed by atoms with E-state index in [9.17, 15) is 9.90 Å². The lowest BCUT2D eigenvalue weighted by Crippen LogP contribution is -2.35. The van der Waals surface area contributed by atoms with E-state index in [-0.39, 0.29) is 11.7 Å². The number of nitrogens with zero attached hydrogens (tertiary/aromatic N) is 1. The van der Waals surface area contributed by atoms with Crippen LogP contribution in [0.15, 0.2) is 40.9 Å². The molecule has 4 heteroatoms. The number of halogens is 1. The summed E-state index contributed by atoms with van der Waals surface area (Å²) < 4.78 is 0.591. The molecule has 0 saturated carbocycles. The number of carbonyl (C=O) groups is 1. The van der Waals surface area contributed by atoms with Gasteiger partial charge < -0.3 is 10.0 Å². The second-order valence-corrected chi connectivity index (χ2v) is 6.21. The van der Waals surface area contributed by atoms with Crippen molar-refractivity contribution in [2.45, 2.75) is 19.8 Å². The van der Waals surface area contributed by atoms with Gasteiger partial charge in [0.15, 0.2) is 0 Å². The van der Waals surface area contributed by atoms with Gasteiger partial charge >= 0.3 is 0 Å². The van der Waals surface area contributed by atoms with Crippen molar-refractivity contribution in [3.8, 4) is 5.75 Å². The van der Waals surface area contributed by atoms with Gasteiger partial charge in [0, 0.05) is 17.8 Å². The maximum atomic E-state index is 12.7. The number of hydrogen-bond donors (Lipinski definition) is 1. The molecule has 0 saturated heterocycles. The minimum absolute atomic E-state index is 0.0670. The number of hydrogen-bond acceptors (Lipinski definition) is 2. The largest absolute Gasteiger partial charge is 0.507 e. The summed E-state index contributed by atoms with van der Waals surface area (Å²) in [7, 11) is 0. The zero-order valence-corrected chi connectivity index (χ0v) is 13.4. The summed E-state index contributed by atoms with van der Waals surface area (Å²) in [4.78, 5) is 14.5. The maximum absolute atomic E-state index is 12.7. The number of phenolic OH excluding ortho intramolecular Hbond substituents is 1. The Bertz CT molecular complexity index is 712. The molecule has 0 unspecified atom stereocenters. The van der Waals surface area contributed by atoms with E-state index in [4.69, 9.17) is 0 Å². The van der Waals surface area contributed by atoms with Crippen LogP contribution in [0.1, 0.15) is 27.9 Å². The van der Waals surface area contributed by atoms with E-state index in [0.29, 0.717) is 16.6 Å². The van der Waals surface area contributed by atoms with Crippen molar-refractivity contribution in [3.63, 3.8) is 0 Å². The lowest BCUT2D eigenvalue weighted by Gasteiger charge is -2.30. The molecule has 2 aromatic carbocycles. The zero-order valence-electron chi connectivity index (χ0n) is 11.8. The van der Waals surface area contributed by atoms with Gasteiger partial charge in [-0.05, 0) is 65.5 Å². The first-order valence-corrected chi connectivity index (χ1v) is 7.75. The summed E-state index contributed by atoms with van der Waals surface area (Å²) in [6, 6.07) is 11.1. The van der Waals surface area contributed by atoms with Crippen LogP contribution in [-0.2, 0) is 6.42 Å². The standard InChI is InChI=1S/C17H16BrNO2/c1-11-4-7-15-12(9-11)3-2-8-19(15)17(21)13-5-6-14(18)16(20)10-13/h4-7,9-10,20H,2-3,8H2,1H3. The molecule has 2 aromatic rings. The van der Waals surface area contributed by atoms with Gasteiger partial charge in [0.1, 0.15) is 5.75 Å². The highest BCUT2D eigenvalue weighted by Crippen LogP contribution is 2.31. The van der Waals surface area contributed by atoms with Crippen molar-refractivity contribution < 1.29 is 9.90 Å². The van der Waals surface area contributed by atoms with E-state index in [1.807, 2.05) is 12.1 Å². The summed E-state index contributed by atoms with van der Waals surface area (Å²) >= 11 is 3.23. The second-order valence-electron chi connectivity index (χ2n) is 5.36. The van der Waals surface area contributed by atoms with Crippen LogP contribution in [0, 0.1) is 6.92 Å². The number of carbonyl (C=O) groups excluding carboxylic acids is 1. The molecule has 0 bridgehead atoms. The summed E-state index contributed by atoms with van der Waals surface area (Å²) in [6.07, 6.45) is 1.97. The van der Waals surface area contributed by atoms with Crippen molar-refractivity contribution in [3.05, 3.63) is 57.6 Å². The van der Waals surface area contributed by atoms with Crippen molar-refractivity contribution in [1.82, 2.24) is 0 Å². The number of aryl methyl sites for hydroxylation is 2. The smallest absolute Gasteiger partial charge is 0.258 e. The number of aromatic hydroxyl groups is 1. The fraction of sp³-hybridized carbons (Fsp3) is 0.235. The number of fused-ring (bicyclic) bond motifs is 1. The fourth-order valence-electron chi connectivity index (χ4n) is 2.74. The number of phenols is 1. The Morgan fingerprint density at radius 2 is 2.05 bits per heavy atom. The SMILES string of the molecule is Cc1ccc2c(c1)CCCN2C(=O)c1ccc(Br)c(O)c1. The van der Waals surface area contributed by atoms with Crippen LogP contribution in [0.3, 0.4) is 0 Å². The van der Waals surface area contributed by atoms with Gasteiger partial charge in [-0.3, -0.25) is 4.79 Å².